The van der Waals surface area contributed by atoms with Gasteiger partial charge in [-0.3, -0.25) is 4.79 Å². The minimum absolute atomic E-state index is 0.0691. The molecule has 19 heavy (non-hydrogen) atoms. The van der Waals surface area contributed by atoms with Crippen LogP contribution in [-0.4, -0.2) is 23.9 Å². The Bertz CT molecular complexity index is 525. The Morgan fingerprint density at radius 1 is 1.42 bits per heavy atom. The quantitative estimate of drug-likeness (QED) is 0.840. The molecule has 3 nitrogen and oxygen atoms in total. The first-order valence-electron chi connectivity index (χ1n) is 6.21. The van der Waals surface area contributed by atoms with E-state index in [2.05, 4.69) is 6.07 Å². The fraction of sp³-hybridized carbons (Fsp3) is 0.429. The maximum absolute atomic E-state index is 13.4. The molecule has 2 rings (SSSR count). The van der Waals surface area contributed by atoms with Gasteiger partial charge in [-0.1, -0.05) is 6.07 Å². The minimum atomic E-state index is -0.604. The lowest BCUT2D eigenvalue weighted by molar-refractivity contribution is -0.134. The maximum atomic E-state index is 13.4. The van der Waals surface area contributed by atoms with E-state index in [1.807, 2.05) is 0 Å². The molecule has 1 aromatic carbocycles. The van der Waals surface area contributed by atoms with Gasteiger partial charge in [0.2, 0.25) is 5.91 Å². The molecule has 0 bridgehead atoms. The molecule has 1 aliphatic heterocycles. The van der Waals surface area contributed by atoms with E-state index in [9.17, 15) is 13.6 Å². The Morgan fingerprint density at radius 2 is 2.21 bits per heavy atom. The summed E-state index contributed by atoms with van der Waals surface area (Å²) in [7, 11) is 0. The third-order valence-corrected chi connectivity index (χ3v) is 3.37. The minimum Gasteiger partial charge on any atom is -0.342 e. The summed E-state index contributed by atoms with van der Waals surface area (Å²) in [5.41, 5.74) is 0.400. The van der Waals surface area contributed by atoms with E-state index in [0.717, 1.165) is 6.07 Å². The largest absolute Gasteiger partial charge is 0.342 e. The zero-order valence-corrected chi connectivity index (χ0v) is 10.4. The zero-order valence-electron chi connectivity index (χ0n) is 10.4. The van der Waals surface area contributed by atoms with Crippen molar-refractivity contribution in [2.24, 2.45) is 5.92 Å². The topological polar surface area (TPSA) is 44.1 Å². The lowest BCUT2D eigenvalue weighted by Crippen LogP contribution is -2.39. The molecule has 1 aromatic rings. The van der Waals surface area contributed by atoms with Crippen LogP contribution in [0.1, 0.15) is 18.4 Å². The van der Waals surface area contributed by atoms with Gasteiger partial charge in [0.1, 0.15) is 11.6 Å². The first-order chi connectivity index (χ1) is 9.10. The van der Waals surface area contributed by atoms with Crippen LogP contribution in [0.3, 0.4) is 0 Å². The van der Waals surface area contributed by atoms with Gasteiger partial charge >= 0.3 is 0 Å². The predicted octanol–water partition coefficient (Wildman–Crippen LogP) is 2.27. The Labute approximate surface area is 110 Å². The molecular weight excluding hydrogens is 250 g/mol. The standard InChI is InChI=1S/C14H14F2N2O/c15-12-2-1-11(13(16)8-12)4-6-18-5-3-10(9-17)7-14(18)19/h1-2,8,10H,3-7H2. The molecule has 100 valence electrons. The maximum Gasteiger partial charge on any atom is 0.223 e. The Morgan fingerprint density at radius 3 is 2.84 bits per heavy atom. The van der Waals surface area contributed by atoms with E-state index >= 15 is 0 Å². The fourth-order valence-electron chi connectivity index (χ4n) is 2.20. The van der Waals surface area contributed by atoms with Gasteiger partial charge in [-0.15, -0.1) is 0 Å². The van der Waals surface area contributed by atoms with Gasteiger partial charge in [-0.2, -0.15) is 5.26 Å². The number of nitrogens with zero attached hydrogens (tertiary/aromatic N) is 2. The number of nitriles is 1. The monoisotopic (exact) mass is 264 g/mol. The molecule has 1 amide bonds. The molecule has 5 heteroatoms. The van der Waals surface area contributed by atoms with E-state index in [4.69, 9.17) is 5.26 Å². The number of benzene rings is 1. The second-order valence-corrected chi connectivity index (χ2v) is 4.69. The van der Waals surface area contributed by atoms with Crippen molar-refractivity contribution in [3.8, 4) is 6.07 Å². The summed E-state index contributed by atoms with van der Waals surface area (Å²) in [5.74, 6) is -1.46. The lowest BCUT2D eigenvalue weighted by Gasteiger charge is -2.29. The number of amides is 1. The second kappa shape index (κ2) is 5.79. The smallest absolute Gasteiger partial charge is 0.223 e. The highest BCUT2D eigenvalue weighted by Gasteiger charge is 2.25. The van der Waals surface area contributed by atoms with Crippen LogP contribution in [0.5, 0.6) is 0 Å². The number of hydrogen-bond donors (Lipinski definition) is 0. The van der Waals surface area contributed by atoms with Crippen LogP contribution in [0.2, 0.25) is 0 Å². The Hall–Kier alpha value is -1.96. The van der Waals surface area contributed by atoms with Crippen molar-refractivity contribution in [1.82, 2.24) is 4.90 Å². The van der Waals surface area contributed by atoms with Crippen LogP contribution >= 0.6 is 0 Å². The molecule has 0 radical (unpaired) electrons. The fourth-order valence-corrected chi connectivity index (χ4v) is 2.20. The molecule has 0 N–H and O–H groups in total. The number of rotatable bonds is 3. The molecule has 0 saturated carbocycles. The normalized spacial score (nSPS) is 19.3. The third kappa shape index (κ3) is 3.28. The Kier molecular flexibility index (Phi) is 4.10. The molecule has 1 unspecified atom stereocenters. The van der Waals surface area contributed by atoms with Crippen LogP contribution < -0.4 is 0 Å². The first-order valence-corrected chi connectivity index (χ1v) is 6.21. The molecule has 0 aromatic heterocycles. The average Bonchev–Trinajstić information content (AvgIpc) is 2.39. The van der Waals surface area contributed by atoms with Crippen LogP contribution in [0.15, 0.2) is 18.2 Å². The summed E-state index contributed by atoms with van der Waals surface area (Å²) >= 11 is 0. The summed E-state index contributed by atoms with van der Waals surface area (Å²) in [5, 5.41) is 8.76. The van der Waals surface area contributed by atoms with Crippen molar-refractivity contribution in [1.29, 1.82) is 5.26 Å². The van der Waals surface area contributed by atoms with Crippen molar-refractivity contribution in [3.63, 3.8) is 0 Å². The number of likely N-dealkylation sites (tertiary alicyclic amines) is 1. The van der Waals surface area contributed by atoms with E-state index in [1.54, 1.807) is 4.90 Å². The van der Waals surface area contributed by atoms with Gasteiger partial charge in [-0.05, 0) is 24.5 Å². The zero-order chi connectivity index (χ0) is 13.8. The van der Waals surface area contributed by atoms with Crippen molar-refractivity contribution < 1.29 is 13.6 Å². The SMILES string of the molecule is N#CC1CCN(CCc2ccc(F)cc2F)C(=O)C1. The highest BCUT2D eigenvalue weighted by molar-refractivity contribution is 5.77. The van der Waals surface area contributed by atoms with Gasteiger partial charge in [-0.25, -0.2) is 8.78 Å². The van der Waals surface area contributed by atoms with Crippen molar-refractivity contribution in [3.05, 3.63) is 35.4 Å². The molecule has 1 aliphatic rings. The molecule has 0 spiro atoms. The van der Waals surface area contributed by atoms with Gasteiger partial charge < -0.3 is 4.90 Å². The first kappa shape index (κ1) is 13.5. The lowest BCUT2D eigenvalue weighted by atomic mass is 9.97. The molecule has 1 saturated heterocycles. The Balaban J connectivity index is 1.92. The van der Waals surface area contributed by atoms with Gasteiger partial charge in [0.25, 0.3) is 0 Å². The number of carbonyl (C=O) groups is 1. The van der Waals surface area contributed by atoms with Crippen molar-refractivity contribution >= 4 is 5.91 Å². The number of halogens is 2. The molecule has 1 atom stereocenters. The molecule has 1 heterocycles. The summed E-state index contributed by atoms with van der Waals surface area (Å²) in [6, 6.07) is 5.55. The van der Waals surface area contributed by atoms with Gasteiger partial charge in [0.05, 0.1) is 12.0 Å². The second-order valence-electron chi connectivity index (χ2n) is 4.69. The number of hydrogen-bond acceptors (Lipinski definition) is 2. The van der Waals surface area contributed by atoms with Gasteiger partial charge in [0, 0.05) is 25.6 Å². The summed E-state index contributed by atoms with van der Waals surface area (Å²) in [4.78, 5) is 13.4. The summed E-state index contributed by atoms with van der Waals surface area (Å²) in [6.45, 7) is 0.930. The summed E-state index contributed by atoms with van der Waals surface area (Å²) in [6.07, 6.45) is 1.26. The molecular formula is C14H14F2N2O. The van der Waals surface area contributed by atoms with E-state index in [-0.39, 0.29) is 18.2 Å². The van der Waals surface area contributed by atoms with Crippen molar-refractivity contribution in [2.45, 2.75) is 19.3 Å². The number of piperidine rings is 1. The average molecular weight is 264 g/mol. The molecule has 0 aliphatic carbocycles. The van der Waals surface area contributed by atoms with E-state index < -0.39 is 11.6 Å². The molecule has 1 fully saturated rings. The van der Waals surface area contributed by atoms with Crippen LogP contribution in [0.4, 0.5) is 8.78 Å². The number of carbonyl (C=O) groups excluding carboxylic acids is 1. The summed E-state index contributed by atoms with van der Waals surface area (Å²) < 4.78 is 26.2. The van der Waals surface area contributed by atoms with Crippen LogP contribution in [0, 0.1) is 28.9 Å². The van der Waals surface area contributed by atoms with E-state index in [1.165, 1.54) is 12.1 Å². The van der Waals surface area contributed by atoms with Crippen LogP contribution in [0.25, 0.3) is 0 Å². The van der Waals surface area contributed by atoms with Gasteiger partial charge in [0.15, 0.2) is 0 Å². The highest BCUT2D eigenvalue weighted by atomic mass is 19.1. The van der Waals surface area contributed by atoms with Crippen molar-refractivity contribution in [2.75, 3.05) is 13.1 Å². The van der Waals surface area contributed by atoms with E-state index in [0.29, 0.717) is 31.5 Å². The van der Waals surface area contributed by atoms with Crippen LogP contribution in [-0.2, 0) is 11.2 Å². The highest BCUT2D eigenvalue weighted by Crippen LogP contribution is 2.18. The third-order valence-electron chi connectivity index (χ3n) is 3.37. The predicted molar refractivity (Wildman–Crippen MR) is 65.0 cm³/mol.